The van der Waals surface area contributed by atoms with Crippen LogP contribution in [-0.4, -0.2) is 19.7 Å². The zero-order valence-electron chi connectivity index (χ0n) is 15.3. The molecule has 0 spiro atoms. The van der Waals surface area contributed by atoms with Gasteiger partial charge in [0, 0.05) is 30.2 Å². The van der Waals surface area contributed by atoms with Crippen molar-refractivity contribution < 1.29 is 0 Å². The largest absolute Gasteiger partial charge is 0.309 e. The summed E-state index contributed by atoms with van der Waals surface area (Å²) in [7, 11) is 2.03. The molecule has 0 atom stereocenters. The maximum Gasteiger partial charge on any atom is 0.191 e. The summed E-state index contributed by atoms with van der Waals surface area (Å²) in [6.45, 7) is 2.12. The molecule has 27 heavy (non-hydrogen) atoms. The Hall–Kier alpha value is -2.44. The molecule has 2 heterocycles. The second-order valence-corrected chi connectivity index (χ2v) is 8.17. The molecule has 4 aromatic rings. The van der Waals surface area contributed by atoms with Gasteiger partial charge in [-0.25, -0.2) is 4.98 Å². The zero-order valence-corrected chi connectivity index (χ0v) is 16.9. The highest BCUT2D eigenvalue weighted by Gasteiger charge is 2.12. The smallest absolute Gasteiger partial charge is 0.191 e. The molecule has 2 aromatic heterocycles. The van der Waals surface area contributed by atoms with E-state index in [1.165, 1.54) is 16.7 Å². The summed E-state index contributed by atoms with van der Waals surface area (Å²) in [5, 5.41) is 12.9. The minimum atomic E-state index is 0.791. The first-order valence-corrected chi connectivity index (χ1v) is 10.6. The van der Waals surface area contributed by atoms with E-state index in [-0.39, 0.29) is 0 Å². The Morgan fingerprint density at radius 1 is 1.00 bits per heavy atom. The number of thioether (sulfide) groups is 1. The lowest BCUT2D eigenvalue weighted by Crippen LogP contribution is -2.00. The van der Waals surface area contributed by atoms with Crippen LogP contribution in [0.5, 0.6) is 0 Å². The predicted molar refractivity (Wildman–Crippen MR) is 112 cm³/mol. The maximum absolute atomic E-state index is 4.80. The summed E-state index contributed by atoms with van der Waals surface area (Å²) < 4.78 is 2.08. The summed E-state index contributed by atoms with van der Waals surface area (Å²) in [5.74, 6) is 1.77. The number of nitrogens with zero attached hydrogens (tertiary/aromatic N) is 4. The molecule has 136 valence electrons. The SMILES string of the molecule is Cc1ccccc1-c1nc(CSc2nnc(Cc3ccccc3)n2C)cs1. The van der Waals surface area contributed by atoms with Gasteiger partial charge in [0.1, 0.15) is 10.8 Å². The van der Waals surface area contributed by atoms with Gasteiger partial charge < -0.3 is 4.57 Å². The van der Waals surface area contributed by atoms with E-state index in [0.29, 0.717) is 0 Å². The van der Waals surface area contributed by atoms with Gasteiger partial charge in [0.2, 0.25) is 0 Å². The minimum Gasteiger partial charge on any atom is -0.309 e. The van der Waals surface area contributed by atoms with Crippen molar-refractivity contribution >= 4 is 23.1 Å². The molecule has 0 aliphatic heterocycles. The summed E-state index contributed by atoms with van der Waals surface area (Å²) in [6, 6.07) is 18.7. The first kappa shape index (κ1) is 17.9. The number of hydrogen-bond donors (Lipinski definition) is 0. The van der Waals surface area contributed by atoms with E-state index < -0.39 is 0 Å². The van der Waals surface area contributed by atoms with Crippen molar-refractivity contribution in [3.8, 4) is 10.6 Å². The van der Waals surface area contributed by atoms with Crippen LogP contribution in [0.4, 0.5) is 0 Å². The molecule has 0 saturated carbocycles. The van der Waals surface area contributed by atoms with E-state index in [2.05, 4.69) is 75.6 Å². The van der Waals surface area contributed by atoms with Crippen LogP contribution in [0.2, 0.25) is 0 Å². The highest BCUT2D eigenvalue weighted by Crippen LogP contribution is 2.29. The number of thiazole rings is 1. The van der Waals surface area contributed by atoms with Gasteiger partial charge in [0.05, 0.1) is 5.69 Å². The lowest BCUT2D eigenvalue weighted by molar-refractivity contribution is 0.748. The Bertz CT molecular complexity index is 1040. The third-order valence-electron chi connectivity index (χ3n) is 4.41. The quantitative estimate of drug-likeness (QED) is 0.427. The molecule has 4 nitrogen and oxygen atoms in total. The Morgan fingerprint density at radius 3 is 2.59 bits per heavy atom. The summed E-state index contributed by atoms with van der Waals surface area (Å²) >= 11 is 3.37. The Morgan fingerprint density at radius 2 is 1.78 bits per heavy atom. The van der Waals surface area contributed by atoms with Crippen molar-refractivity contribution in [2.45, 2.75) is 24.3 Å². The molecule has 0 fully saturated rings. The second-order valence-electron chi connectivity index (χ2n) is 6.37. The van der Waals surface area contributed by atoms with Gasteiger partial charge >= 0.3 is 0 Å². The third-order valence-corrected chi connectivity index (χ3v) is 6.38. The Balaban J connectivity index is 1.43. The van der Waals surface area contributed by atoms with E-state index in [1.54, 1.807) is 23.1 Å². The average molecular weight is 393 g/mol. The molecule has 0 aliphatic rings. The normalized spacial score (nSPS) is 11.0. The molecule has 0 radical (unpaired) electrons. The third kappa shape index (κ3) is 4.12. The van der Waals surface area contributed by atoms with E-state index >= 15 is 0 Å². The molecule has 4 rings (SSSR count). The number of hydrogen-bond acceptors (Lipinski definition) is 5. The topological polar surface area (TPSA) is 43.6 Å². The van der Waals surface area contributed by atoms with Gasteiger partial charge in [-0.05, 0) is 18.1 Å². The van der Waals surface area contributed by atoms with Gasteiger partial charge in [0.25, 0.3) is 0 Å². The van der Waals surface area contributed by atoms with Gasteiger partial charge in [-0.3, -0.25) is 0 Å². The van der Waals surface area contributed by atoms with Crippen molar-refractivity contribution in [3.05, 3.63) is 82.6 Å². The van der Waals surface area contributed by atoms with E-state index in [1.807, 2.05) is 13.1 Å². The molecule has 0 bridgehead atoms. The van der Waals surface area contributed by atoms with Crippen molar-refractivity contribution in [1.82, 2.24) is 19.7 Å². The molecule has 0 unspecified atom stereocenters. The minimum absolute atomic E-state index is 0.791. The van der Waals surface area contributed by atoms with Crippen LogP contribution in [0.1, 0.15) is 22.6 Å². The fourth-order valence-electron chi connectivity index (χ4n) is 2.85. The fourth-order valence-corrected chi connectivity index (χ4v) is 4.69. The zero-order chi connectivity index (χ0) is 18.6. The Kier molecular flexibility index (Phi) is 5.36. The van der Waals surface area contributed by atoms with Crippen LogP contribution in [0, 0.1) is 6.92 Å². The standard InChI is InChI=1S/C21H20N4S2/c1-15-8-6-7-11-18(15)20-22-17(13-26-20)14-27-21-24-23-19(25(21)2)12-16-9-4-3-5-10-16/h3-11,13H,12,14H2,1-2H3. The molecular weight excluding hydrogens is 372 g/mol. The number of benzene rings is 2. The molecular formula is C21H20N4S2. The van der Waals surface area contributed by atoms with Crippen LogP contribution in [0.15, 0.2) is 65.1 Å². The van der Waals surface area contributed by atoms with Crippen molar-refractivity contribution in [1.29, 1.82) is 0 Å². The van der Waals surface area contributed by atoms with Crippen molar-refractivity contribution in [3.63, 3.8) is 0 Å². The summed E-state index contributed by atoms with van der Waals surface area (Å²) in [4.78, 5) is 4.80. The lowest BCUT2D eigenvalue weighted by atomic mass is 10.1. The predicted octanol–water partition coefficient (Wildman–Crippen LogP) is 5.13. The van der Waals surface area contributed by atoms with Crippen LogP contribution in [0.25, 0.3) is 10.6 Å². The van der Waals surface area contributed by atoms with Gasteiger partial charge in [-0.2, -0.15) is 0 Å². The first-order chi connectivity index (χ1) is 13.2. The van der Waals surface area contributed by atoms with Crippen LogP contribution in [-0.2, 0) is 19.2 Å². The highest BCUT2D eigenvalue weighted by molar-refractivity contribution is 7.98. The number of rotatable bonds is 6. The van der Waals surface area contributed by atoms with Crippen molar-refractivity contribution in [2.24, 2.45) is 7.05 Å². The molecule has 2 aromatic carbocycles. The molecule has 0 N–H and O–H groups in total. The van der Waals surface area contributed by atoms with E-state index in [0.717, 1.165) is 33.9 Å². The molecule has 6 heteroatoms. The highest BCUT2D eigenvalue weighted by atomic mass is 32.2. The Labute approximate surface area is 167 Å². The fraction of sp³-hybridized carbons (Fsp3) is 0.190. The second kappa shape index (κ2) is 8.06. The van der Waals surface area contributed by atoms with Crippen LogP contribution >= 0.6 is 23.1 Å². The number of aromatic nitrogens is 4. The lowest BCUT2D eigenvalue weighted by Gasteiger charge is -2.03. The van der Waals surface area contributed by atoms with Crippen LogP contribution < -0.4 is 0 Å². The first-order valence-electron chi connectivity index (χ1n) is 8.76. The van der Waals surface area contributed by atoms with Crippen molar-refractivity contribution in [2.75, 3.05) is 0 Å². The van der Waals surface area contributed by atoms with Gasteiger partial charge in [-0.1, -0.05) is 66.4 Å². The summed E-state index contributed by atoms with van der Waals surface area (Å²) in [5.41, 5.74) is 4.79. The van der Waals surface area contributed by atoms with E-state index in [4.69, 9.17) is 4.98 Å². The number of aryl methyl sites for hydroxylation is 1. The van der Waals surface area contributed by atoms with E-state index in [9.17, 15) is 0 Å². The summed E-state index contributed by atoms with van der Waals surface area (Å²) in [6.07, 6.45) is 0.791. The molecule has 0 saturated heterocycles. The monoisotopic (exact) mass is 392 g/mol. The maximum atomic E-state index is 4.80. The van der Waals surface area contributed by atoms with Gasteiger partial charge in [-0.15, -0.1) is 21.5 Å². The van der Waals surface area contributed by atoms with Crippen LogP contribution in [0.3, 0.4) is 0 Å². The molecule has 0 aliphatic carbocycles. The van der Waals surface area contributed by atoms with Gasteiger partial charge in [0.15, 0.2) is 5.16 Å². The molecule has 0 amide bonds. The average Bonchev–Trinajstić information content (AvgIpc) is 3.29.